The number of carboxylic acid groups (broad SMARTS) is 1. The van der Waals surface area contributed by atoms with E-state index < -0.39 is 28.9 Å². The minimum Gasteiger partial charge on any atom is -0.480 e. The van der Waals surface area contributed by atoms with Gasteiger partial charge < -0.3 is 29.8 Å². The predicted octanol–water partition coefficient (Wildman–Crippen LogP) is -0.772. The molecule has 1 fully saturated rings. The Morgan fingerprint density at radius 2 is 2.24 bits per heavy atom. The highest BCUT2D eigenvalue weighted by atomic mass is 16.6. The largest absolute Gasteiger partial charge is 0.480 e. The van der Waals surface area contributed by atoms with Crippen LogP contribution in [0.3, 0.4) is 0 Å². The van der Waals surface area contributed by atoms with E-state index in [0.717, 1.165) is 4.90 Å². The number of carbonyl (C=O) groups excluding carboxylic acids is 1. The molecule has 1 aliphatic rings. The Bertz CT molecular complexity index is 571. The molecule has 0 unspecified atom stereocenters. The number of nitrogens with zero attached hydrogens (tertiary/aromatic N) is 4. The van der Waals surface area contributed by atoms with Crippen molar-refractivity contribution in [3.8, 4) is 0 Å². The SMILES string of the molecule is O=C(O)[C@@H]1C[C@@H](O)CN1C(=O)CCn1cnc([N+](=O)[O-])c1. The van der Waals surface area contributed by atoms with Crippen molar-refractivity contribution < 1.29 is 24.7 Å². The van der Waals surface area contributed by atoms with Crippen molar-refractivity contribution in [2.45, 2.75) is 31.5 Å². The van der Waals surface area contributed by atoms with Crippen molar-refractivity contribution in [2.24, 2.45) is 0 Å². The molecule has 21 heavy (non-hydrogen) atoms. The number of hydrogen-bond donors (Lipinski definition) is 2. The summed E-state index contributed by atoms with van der Waals surface area (Å²) in [6.07, 6.45) is 1.57. The van der Waals surface area contributed by atoms with Gasteiger partial charge in [0.1, 0.15) is 12.2 Å². The Kier molecular flexibility index (Phi) is 4.17. The van der Waals surface area contributed by atoms with Gasteiger partial charge in [0.25, 0.3) is 0 Å². The molecule has 2 heterocycles. The second-order valence-electron chi connectivity index (χ2n) is 4.77. The summed E-state index contributed by atoms with van der Waals surface area (Å²) >= 11 is 0. The number of β-amino-alcohol motifs (C(OH)–C–C–N with tert-alkyl or cyclic N) is 1. The summed E-state index contributed by atoms with van der Waals surface area (Å²) in [5, 5.41) is 29.0. The van der Waals surface area contributed by atoms with E-state index in [0.29, 0.717) is 0 Å². The minimum absolute atomic E-state index is 0.0115. The van der Waals surface area contributed by atoms with Gasteiger partial charge in [0.05, 0.1) is 6.10 Å². The molecule has 0 spiro atoms. The van der Waals surface area contributed by atoms with Crippen LogP contribution in [0.15, 0.2) is 12.5 Å². The Balaban J connectivity index is 1.94. The van der Waals surface area contributed by atoms with E-state index >= 15 is 0 Å². The number of imidazole rings is 1. The lowest BCUT2D eigenvalue weighted by molar-refractivity contribution is -0.389. The lowest BCUT2D eigenvalue weighted by Crippen LogP contribution is -2.40. The lowest BCUT2D eigenvalue weighted by atomic mass is 10.2. The lowest BCUT2D eigenvalue weighted by Gasteiger charge is -2.21. The molecule has 10 heteroatoms. The summed E-state index contributed by atoms with van der Waals surface area (Å²) in [5.74, 6) is -1.89. The minimum atomic E-state index is -1.15. The average molecular weight is 298 g/mol. The van der Waals surface area contributed by atoms with E-state index in [2.05, 4.69) is 4.98 Å². The molecule has 0 aliphatic carbocycles. The maximum absolute atomic E-state index is 12.0. The highest BCUT2D eigenvalue weighted by Gasteiger charge is 2.38. The van der Waals surface area contributed by atoms with Crippen molar-refractivity contribution in [3.63, 3.8) is 0 Å². The number of carboxylic acids is 1. The molecule has 0 bridgehead atoms. The number of amides is 1. The second-order valence-corrected chi connectivity index (χ2v) is 4.77. The van der Waals surface area contributed by atoms with Gasteiger partial charge in [0.2, 0.25) is 12.2 Å². The molecule has 0 radical (unpaired) electrons. The van der Waals surface area contributed by atoms with E-state index in [9.17, 15) is 24.8 Å². The van der Waals surface area contributed by atoms with Crippen molar-refractivity contribution in [1.82, 2.24) is 14.5 Å². The number of aromatic nitrogens is 2. The quantitative estimate of drug-likeness (QED) is 0.537. The number of carbonyl (C=O) groups is 2. The van der Waals surface area contributed by atoms with Gasteiger partial charge in [-0.1, -0.05) is 0 Å². The maximum Gasteiger partial charge on any atom is 0.381 e. The van der Waals surface area contributed by atoms with Crippen molar-refractivity contribution in [2.75, 3.05) is 6.54 Å². The van der Waals surface area contributed by atoms with Gasteiger partial charge in [0.15, 0.2) is 0 Å². The van der Waals surface area contributed by atoms with Crippen LogP contribution in [0, 0.1) is 10.1 Å². The third-order valence-electron chi connectivity index (χ3n) is 3.27. The fraction of sp³-hybridized carbons (Fsp3) is 0.545. The number of nitro groups is 1. The molecular formula is C11H14N4O6. The first-order valence-electron chi connectivity index (χ1n) is 6.25. The van der Waals surface area contributed by atoms with Crippen LogP contribution in [0.2, 0.25) is 0 Å². The van der Waals surface area contributed by atoms with E-state index in [4.69, 9.17) is 5.11 Å². The third-order valence-corrected chi connectivity index (χ3v) is 3.27. The molecular weight excluding hydrogens is 284 g/mol. The van der Waals surface area contributed by atoms with Crippen LogP contribution >= 0.6 is 0 Å². The van der Waals surface area contributed by atoms with Gasteiger partial charge in [-0.25, -0.2) is 4.79 Å². The molecule has 0 aromatic carbocycles. The zero-order valence-electron chi connectivity index (χ0n) is 11.0. The van der Waals surface area contributed by atoms with Crippen LogP contribution in [0.25, 0.3) is 0 Å². The number of aliphatic hydroxyl groups excluding tert-OH is 1. The van der Waals surface area contributed by atoms with Crippen molar-refractivity contribution in [1.29, 1.82) is 0 Å². The number of likely N-dealkylation sites (tertiary alicyclic amines) is 1. The van der Waals surface area contributed by atoms with Gasteiger partial charge in [-0.2, -0.15) is 0 Å². The fourth-order valence-electron chi connectivity index (χ4n) is 2.26. The first kappa shape index (κ1) is 14.9. The van der Waals surface area contributed by atoms with Gasteiger partial charge in [0, 0.05) is 25.9 Å². The summed E-state index contributed by atoms with van der Waals surface area (Å²) in [4.78, 5) is 37.5. The predicted molar refractivity (Wildman–Crippen MR) is 67.3 cm³/mol. The Hall–Kier alpha value is -2.49. The zero-order chi connectivity index (χ0) is 15.6. The normalized spacial score (nSPS) is 21.5. The highest BCUT2D eigenvalue weighted by Crippen LogP contribution is 2.19. The van der Waals surface area contributed by atoms with Crippen molar-refractivity contribution >= 4 is 17.7 Å². The van der Waals surface area contributed by atoms with Crippen LogP contribution in [0.1, 0.15) is 12.8 Å². The maximum atomic E-state index is 12.0. The van der Waals surface area contributed by atoms with Gasteiger partial charge >= 0.3 is 11.8 Å². The molecule has 2 rings (SSSR count). The number of rotatable bonds is 5. The number of aliphatic carboxylic acids is 1. The molecule has 114 valence electrons. The third kappa shape index (κ3) is 3.34. The number of aliphatic hydroxyl groups is 1. The first-order chi connectivity index (χ1) is 9.88. The molecule has 1 saturated heterocycles. The summed E-state index contributed by atoms with van der Waals surface area (Å²) in [7, 11) is 0. The van der Waals surface area contributed by atoms with E-state index in [1.165, 1.54) is 17.1 Å². The molecule has 1 aliphatic heterocycles. The summed E-state index contributed by atoms with van der Waals surface area (Å²) in [6.45, 7) is 0.137. The summed E-state index contributed by atoms with van der Waals surface area (Å²) in [6, 6.07) is -1.02. The van der Waals surface area contributed by atoms with Crippen molar-refractivity contribution in [3.05, 3.63) is 22.6 Å². The number of aryl methyl sites for hydroxylation is 1. The molecule has 2 N–H and O–H groups in total. The summed E-state index contributed by atoms with van der Waals surface area (Å²) in [5.41, 5.74) is 0. The van der Waals surface area contributed by atoms with Crippen LogP contribution < -0.4 is 0 Å². The zero-order valence-corrected chi connectivity index (χ0v) is 11.0. The molecule has 10 nitrogen and oxygen atoms in total. The monoisotopic (exact) mass is 298 g/mol. The molecule has 1 aromatic rings. The highest BCUT2D eigenvalue weighted by molar-refractivity contribution is 5.84. The Labute approximate surface area is 118 Å². The average Bonchev–Trinajstić information content (AvgIpc) is 3.02. The van der Waals surface area contributed by atoms with Crippen LogP contribution in [0.5, 0.6) is 0 Å². The topological polar surface area (TPSA) is 139 Å². The Morgan fingerprint density at radius 3 is 2.81 bits per heavy atom. The Morgan fingerprint density at radius 1 is 1.52 bits per heavy atom. The fourth-order valence-corrected chi connectivity index (χ4v) is 2.26. The van der Waals surface area contributed by atoms with Crippen LogP contribution in [-0.2, 0) is 16.1 Å². The first-order valence-corrected chi connectivity index (χ1v) is 6.25. The van der Waals surface area contributed by atoms with E-state index in [1.54, 1.807) is 0 Å². The van der Waals surface area contributed by atoms with Crippen LogP contribution in [0.4, 0.5) is 5.82 Å². The molecule has 2 atom stereocenters. The van der Waals surface area contributed by atoms with Gasteiger partial charge in [-0.15, -0.1) is 0 Å². The second kappa shape index (κ2) is 5.87. The van der Waals surface area contributed by atoms with Gasteiger partial charge in [-0.3, -0.25) is 4.79 Å². The van der Waals surface area contributed by atoms with Gasteiger partial charge in [-0.05, 0) is 9.91 Å². The van der Waals surface area contributed by atoms with E-state index in [1.807, 2.05) is 0 Å². The summed E-state index contributed by atoms with van der Waals surface area (Å²) < 4.78 is 1.39. The molecule has 0 saturated carbocycles. The smallest absolute Gasteiger partial charge is 0.381 e. The standard InChI is InChI=1S/C11H14N4O6/c16-7-3-8(11(18)19)14(4-7)10(17)1-2-13-5-9(12-6-13)15(20)21/h5-8,16H,1-4H2,(H,18,19)/t7-,8+/m1/s1. The molecule has 1 amide bonds. The number of hydrogen-bond acceptors (Lipinski definition) is 6. The van der Waals surface area contributed by atoms with Crippen LogP contribution in [-0.4, -0.2) is 60.2 Å². The van der Waals surface area contributed by atoms with E-state index in [-0.39, 0.29) is 31.7 Å². The molecule has 1 aromatic heterocycles.